The van der Waals surface area contributed by atoms with E-state index in [2.05, 4.69) is 0 Å². The van der Waals surface area contributed by atoms with Crippen molar-refractivity contribution >= 4 is 11.3 Å². The zero-order valence-electron chi connectivity index (χ0n) is 8.36. The van der Waals surface area contributed by atoms with Gasteiger partial charge < -0.3 is 5.11 Å². The first kappa shape index (κ1) is 11.2. The Morgan fingerprint density at radius 2 is 1.88 bits per heavy atom. The molecule has 16 heavy (non-hydrogen) atoms. The average Bonchev–Trinajstić information content (AvgIpc) is 2.76. The van der Waals surface area contributed by atoms with Gasteiger partial charge in [-0.1, -0.05) is 6.07 Å². The average molecular weight is 240 g/mol. The van der Waals surface area contributed by atoms with Crippen LogP contribution in [0.5, 0.6) is 0 Å². The van der Waals surface area contributed by atoms with Gasteiger partial charge in [0.1, 0.15) is 11.6 Å². The molecular weight excluding hydrogens is 230 g/mol. The normalized spacial score (nSPS) is 12.7. The fourth-order valence-corrected chi connectivity index (χ4v) is 2.21. The van der Waals surface area contributed by atoms with E-state index < -0.39 is 17.7 Å². The lowest BCUT2D eigenvalue weighted by Crippen LogP contribution is -2.04. The molecule has 0 fully saturated rings. The van der Waals surface area contributed by atoms with Gasteiger partial charge in [-0.05, 0) is 34.5 Å². The summed E-state index contributed by atoms with van der Waals surface area (Å²) < 4.78 is 26.6. The number of benzene rings is 1. The molecule has 0 saturated carbocycles. The molecule has 0 radical (unpaired) electrons. The van der Waals surface area contributed by atoms with Crippen molar-refractivity contribution in [3.05, 3.63) is 57.8 Å². The van der Waals surface area contributed by atoms with Crippen molar-refractivity contribution in [2.45, 2.75) is 12.5 Å². The van der Waals surface area contributed by atoms with Gasteiger partial charge in [0.25, 0.3) is 0 Å². The van der Waals surface area contributed by atoms with E-state index in [9.17, 15) is 13.9 Å². The lowest BCUT2D eigenvalue weighted by Gasteiger charge is -2.10. The van der Waals surface area contributed by atoms with Crippen LogP contribution in [-0.2, 0) is 6.42 Å². The highest BCUT2D eigenvalue weighted by Crippen LogP contribution is 2.23. The third kappa shape index (κ3) is 2.28. The molecule has 0 bridgehead atoms. The molecule has 1 aromatic heterocycles. The first-order chi connectivity index (χ1) is 7.68. The Bertz CT molecular complexity index is 448. The van der Waals surface area contributed by atoms with E-state index in [1.165, 1.54) is 29.5 Å². The van der Waals surface area contributed by atoms with Crippen LogP contribution in [0, 0.1) is 11.6 Å². The predicted molar refractivity (Wildman–Crippen MR) is 59.3 cm³/mol. The molecule has 84 valence electrons. The minimum Gasteiger partial charge on any atom is -0.388 e. The lowest BCUT2D eigenvalue weighted by atomic mass is 10.0. The monoisotopic (exact) mass is 240 g/mol. The number of hydrogen-bond acceptors (Lipinski definition) is 2. The zero-order valence-corrected chi connectivity index (χ0v) is 9.18. The number of aliphatic hydroxyl groups excluding tert-OH is 1. The van der Waals surface area contributed by atoms with Crippen molar-refractivity contribution in [1.29, 1.82) is 0 Å². The standard InChI is InChI=1S/C12H10F2OS/c13-10-2-1-3-11(14)9(10)6-12(15)8-4-5-16-7-8/h1-5,7,12,15H,6H2. The molecule has 0 spiro atoms. The predicted octanol–water partition coefficient (Wildman–Crippen LogP) is 3.30. The van der Waals surface area contributed by atoms with E-state index in [-0.39, 0.29) is 12.0 Å². The van der Waals surface area contributed by atoms with E-state index in [1.807, 2.05) is 5.38 Å². The summed E-state index contributed by atoms with van der Waals surface area (Å²) >= 11 is 1.44. The number of rotatable bonds is 3. The topological polar surface area (TPSA) is 20.2 Å². The number of aliphatic hydroxyl groups is 1. The van der Waals surface area contributed by atoms with Crippen molar-refractivity contribution in [2.75, 3.05) is 0 Å². The van der Waals surface area contributed by atoms with Gasteiger partial charge in [0, 0.05) is 12.0 Å². The van der Waals surface area contributed by atoms with Gasteiger partial charge in [-0.15, -0.1) is 0 Å². The van der Waals surface area contributed by atoms with E-state index in [1.54, 1.807) is 11.4 Å². The van der Waals surface area contributed by atoms with Gasteiger partial charge in [0.15, 0.2) is 0 Å². The van der Waals surface area contributed by atoms with Gasteiger partial charge in [0.2, 0.25) is 0 Å². The molecule has 2 aromatic rings. The van der Waals surface area contributed by atoms with Gasteiger partial charge >= 0.3 is 0 Å². The minimum absolute atomic E-state index is 0.0464. The van der Waals surface area contributed by atoms with Gasteiger partial charge in [0.05, 0.1) is 6.10 Å². The second-order valence-electron chi connectivity index (χ2n) is 3.48. The summed E-state index contributed by atoms with van der Waals surface area (Å²) in [6.45, 7) is 0. The van der Waals surface area contributed by atoms with Crippen LogP contribution < -0.4 is 0 Å². The van der Waals surface area contributed by atoms with Gasteiger partial charge in [-0.2, -0.15) is 11.3 Å². The summed E-state index contributed by atoms with van der Waals surface area (Å²) in [5, 5.41) is 13.4. The summed E-state index contributed by atoms with van der Waals surface area (Å²) in [6.07, 6.45) is -0.910. The molecule has 0 amide bonds. The molecule has 1 atom stereocenters. The molecule has 2 rings (SSSR count). The maximum Gasteiger partial charge on any atom is 0.129 e. The molecule has 1 unspecified atom stereocenters. The second kappa shape index (κ2) is 4.72. The maximum absolute atomic E-state index is 13.3. The molecule has 1 heterocycles. The van der Waals surface area contributed by atoms with E-state index in [4.69, 9.17) is 0 Å². The third-order valence-corrected chi connectivity index (χ3v) is 3.09. The van der Waals surface area contributed by atoms with Crippen LogP contribution in [-0.4, -0.2) is 5.11 Å². The van der Waals surface area contributed by atoms with E-state index in [0.29, 0.717) is 5.56 Å². The Kier molecular flexibility index (Phi) is 3.31. The first-order valence-corrected chi connectivity index (χ1v) is 5.76. The summed E-state index contributed by atoms with van der Waals surface area (Å²) in [5.41, 5.74) is 0.619. The first-order valence-electron chi connectivity index (χ1n) is 4.81. The summed E-state index contributed by atoms with van der Waals surface area (Å²) in [4.78, 5) is 0. The molecule has 4 heteroatoms. The van der Waals surface area contributed by atoms with E-state index >= 15 is 0 Å². The number of thiophene rings is 1. The Labute approximate surface area is 96.0 Å². The lowest BCUT2D eigenvalue weighted by molar-refractivity contribution is 0.176. The van der Waals surface area contributed by atoms with Crippen molar-refractivity contribution in [2.24, 2.45) is 0 Å². The van der Waals surface area contributed by atoms with Crippen molar-refractivity contribution in [1.82, 2.24) is 0 Å². The highest BCUT2D eigenvalue weighted by Gasteiger charge is 2.15. The molecule has 1 nitrogen and oxygen atoms in total. The number of halogens is 2. The molecule has 1 N–H and O–H groups in total. The Morgan fingerprint density at radius 1 is 1.19 bits per heavy atom. The Balaban J connectivity index is 2.21. The van der Waals surface area contributed by atoms with Crippen LogP contribution in [0.15, 0.2) is 35.0 Å². The van der Waals surface area contributed by atoms with Crippen LogP contribution in [0.25, 0.3) is 0 Å². The molecular formula is C12H10F2OS. The largest absolute Gasteiger partial charge is 0.388 e. The van der Waals surface area contributed by atoms with Crippen molar-refractivity contribution in [3.63, 3.8) is 0 Å². The summed E-state index contributed by atoms with van der Waals surface area (Å²) in [6, 6.07) is 5.44. The van der Waals surface area contributed by atoms with Crippen molar-refractivity contribution < 1.29 is 13.9 Å². The summed E-state index contributed by atoms with van der Waals surface area (Å²) in [7, 11) is 0. The van der Waals surface area contributed by atoms with Gasteiger partial charge in [-0.25, -0.2) is 8.78 Å². The van der Waals surface area contributed by atoms with Crippen LogP contribution >= 0.6 is 11.3 Å². The minimum atomic E-state index is -0.863. The SMILES string of the molecule is OC(Cc1c(F)cccc1F)c1ccsc1. The fraction of sp³-hybridized carbons (Fsp3) is 0.167. The van der Waals surface area contributed by atoms with Gasteiger partial charge in [-0.3, -0.25) is 0 Å². The molecule has 0 aliphatic carbocycles. The second-order valence-corrected chi connectivity index (χ2v) is 4.26. The van der Waals surface area contributed by atoms with Crippen LogP contribution in [0.4, 0.5) is 8.78 Å². The quantitative estimate of drug-likeness (QED) is 0.872. The van der Waals surface area contributed by atoms with Crippen LogP contribution in [0.3, 0.4) is 0 Å². The van der Waals surface area contributed by atoms with E-state index in [0.717, 1.165) is 0 Å². The molecule has 0 aliphatic heterocycles. The molecule has 0 saturated heterocycles. The molecule has 1 aromatic carbocycles. The number of hydrogen-bond donors (Lipinski definition) is 1. The zero-order chi connectivity index (χ0) is 11.5. The Hall–Kier alpha value is -1.26. The van der Waals surface area contributed by atoms with Crippen molar-refractivity contribution in [3.8, 4) is 0 Å². The summed E-state index contributed by atoms with van der Waals surface area (Å²) in [5.74, 6) is -1.23. The smallest absolute Gasteiger partial charge is 0.129 e. The maximum atomic E-state index is 13.3. The highest BCUT2D eigenvalue weighted by molar-refractivity contribution is 7.07. The Morgan fingerprint density at radius 3 is 2.44 bits per heavy atom. The van der Waals surface area contributed by atoms with Crippen LogP contribution in [0.2, 0.25) is 0 Å². The highest BCUT2D eigenvalue weighted by atomic mass is 32.1. The fourth-order valence-electron chi connectivity index (χ4n) is 1.50. The third-order valence-electron chi connectivity index (χ3n) is 2.39. The van der Waals surface area contributed by atoms with Crippen LogP contribution in [0.1, 0.15) is 17.2 Å². The molecule has 0 aliphatic rings.